The number of sulfonamides is 1. The first-order valence-corrected chi connectivity index (χ1v) is 12.6. The van der Waals surface area contributed by atoms with Gasteiger partial charge >= 0.3 is 5.97 Å². The maximum atomic E-state index is 13.1. The highest BCUT2D eigenvalue weighted by Gasteiger charge is 2.33. The number of nitrogens with one attached hydrogen (secondary N) is 1. The lowest BCUT2D eigenvalue weighted by molar-refractivity contribution is -0.142. The van der Waals surface area contributed by atoms with Crippen LogP contribution in [0.1, 0.15) is 32.3 Å². The Kier molecular flexibility index (Phi) is 8.46. The van der Waals surface area contributed by atoms with Crippen LogP contribution in [0.4, 0.5) is 5.69 Å². The highest BCUT2D eigenvalue weighted by molar-refractivity contribution is 7.89. The third-order valence-electron chi connectivity index (χ3n) is 5.40. The van der Waals surface area contributed by atoms with Crippen LogP contribution in [0.3, 0.4) is 0 Å². The number of rotatable bonds is 9. The summed E-state index contributed by atoms with van der Waals surface area (Å²) in [5.74, 6) is -0.360. The fraction of sp³-hybridized carbons (Fsp3) is 0.417. The second kappa shape index (κ2) is 11.3. The molecule has 0 radical (unpaired) electrons. The van der Waals surface area contributed by atoms with Crippen LogP contribution < -0.4 is 10.1 Å². The van der Waals surface area contributed by atoms with E-state index in [9.17, 15) is 18.0 Å². The molecular weight excluding hydrogens is 444 g/mol. The summed E-state index contributed by atoms with van der Waals surface area (Å²) in [5.41, 5.74) is 1.39. The van der Waals surface area contributed by atoms with Gasteiger partial charge in [-0.25, -0.2) is 8.42 Å². The first-order valence-electron chi connectivity index (χ1n) is 11.1. The van der Waals surface area contributed by atoms with Gasteiger partial charge in [0.05, 0.1) is 30.4 Å². The molecule has 0 bridgehead atoms. The molecule has 0 aromatic heterocycles. The number of amides is 1. The number of piperidine rings is 1. The van der Waals surface area contributed by atoms with E-state index in [1.165, 1.54) is 16.4 Å². The molecule has 1 N–H and O–H groups in total. The molecule has 8 nitrogen and oxygen atoms in total. The molecule has 0 saturated carbocycles. The number of anilines is 1. The lowest BCUT2D eigenvalue weighted by atomic mass is 9.98. The molecule has 1 fully saturated rings. The number of hydrogen-bond donors (Lipinski definition) is 1. The number of carbonyl (C=O) groups excluding carboxylic acids is 2. The zero-order valence-corrected chi connectivity index (χ0v) is 19.8. The predicted octanol–water partition coefficient (Wildman–Crippen LogP) is 3.23. The Hall–Kier alpha value is -2.91. The summed E-state index contributed by atoms with van der Waals surface area (Å²) in [5, 5.41) is 2.86. The van der Waals surface area contributed by atoms with E-state index >= 15 is 0 Å². The minimum atomic E-state index is -3.70. The van der Waals surface area contributed by atoms with Crippen LogP contribution in [0.2, 0.25) is 0 Å². The third-order valence-corrected chi connectivity index (χ3v) is 7.28. The van der Waals surface area contributed by atoms with Gasteiger partial charge in [0.25, 0.3) is 0 Å². The number of carbonyl (C=O) groups is 2. The minimum absolute atomic E-state index is 0.127. The minimum Gasteiger partial charge on any atom is -0.494 e. The fourth-order valence-electron chi connectivity index (χ4n) is 3.73. The molecule has 1 atom stereocenters. The largest absolute Gasteiger partial charge is 0.494 e. The van der Waals surface area contributed by atoms with Crippen molar-refractivity contribution in [2.24, 2.45) is 5.92 Å². The normalized spacial score (nSPS) is 16.7. The number of hydrogen-bond acceptors (Lipinski definition) is 6. The molecule has 1 unspecified atom stereocenters. The molecule has 0 aliphatic carbocycles. The second-order valence-electron chi connectivity index (χ2n) is 7.77. The van der Waals surface area contributed by atoms with E-state index in [1.807, 2.05) is 6.92 Å². The summed E-state index contributed by atoms with van der Waals surface area (Å²) in [6.45, 7) is 4.96. The quantitative estimate of drug-likeness (QED) is 0.560. The van der Waals surface area contributed by atoms with Crippen LogP contribution in [-0.4, -0.2) is 50.9 Å². The second-order valence-corrected chi connectivity index (χ2v) is 9.71. The van der Waals surface area contributed by atoms with E-state index < -0.39 is 15.9 Å². The number of ether oxygens (including phenoxy) is 2. The van der Waals surface area contributed by atoms with Crippen molar-refractivity contribution in [3.05, 3.63) is 54.1 Å². The molecule has 33 heavy (non-hydrogen) atoms. The van der Waals surface area contributed by atoms with Crippen molar-refractivity contribution in [2.45, 2.75) is 38.0 Å². The molecular formula is C24H30N2O6S. The molecule has 0 spiro atoms. The van der Waals surface area contributed by atoms with E-state index in [-0.39, 0.29) is 29.7 Å². The summed E-state index contributed by atoms with van der Waals surface area (Å²) >= 11 is 0. The van der Waals surface area contributed by atoms with Crippen molar-refractivity contribution in [1.82, 2.24) is 4.31 Å². The molecule has 1 aliphatic rings. The Morgan fingerprint density at radius 3 is 2.36 bits per heavy atom. The maximum Gasteiger partial charge on any atom is 0.310 e. The SMILES string of the molecule is CCOC(=O)Cc1ccc(NC(=O)C2CCCN(S(=O)(=O)c3ccc(OCC)cc3)C2)cc1. The highest BCUT2D eigenvalue weighted by atomic mass is 32.2. The van der Waals surface area contributed by atoms with Gasteiger partial charge in [0.2, 0.25) is 15.9 Å². The van der Waals surface area contributed by atoms with Crippen LogP contribution in [-0.2, 0) is 30.8 Å². The van der Waals surface area contributed by atoms with Crippen molar-refractivity contribution in [3.63, 3.8) is 0 Å². The molecule has 3 rings (SSSR count). The molecule has 178 valence electrons. The van der Waals surface area contributed by atoms with Crippen LogP contribution in [0.25, 0.3) is 0 Å². The average Bonchev–Trinajstić information content (AvgIpc) is 2.81. The molecule has 2 aromatic rings. The molecule has 2 aromatic carbocycles. The lowest BCUT2D eigenvalue weighted by Gasteiger charge is -2.31. The maximum absolute atomic E-state index is 13.1. The van der Waals surface area contributed by atoms with E-state index in [4.69, 9.17) is 9.47 Å². The van der Waals surface area contributed by atoms with E-state index in [0.29, 0.717) is 44.0 Å². The molecule has 1 amide bonds. The Labute approximate surface area is 194 Å². The highest BCUT2D eigenvalue weighted by Crippen LogP contribution is 2.26. The summed E-state index contributed by atoms with van der Waals surface area (Å²) in [6, 6.07) is 13.3. The van der Waals surface area contributed by atoms with Crippen molar-refractivity contribution < 1.29 is 27.5 Å². The third kappa shape index (κ3) is 6.55. The zero-order valence-electron chi connectivity index (χ0n) is 19.0. The van der Waals surface area contributed by atoms with Crippen molar-refractivity contribution in [2.75, 3.05) is 31.6 Å². The molecule has 9 heteroatoms. The van der Waals surface area contributed by atoms with E-state index in [1.54, 1.807) is 43.3 Å². The van der Waals surface area contributed by atoms with Gasteiger partial charge in [0.15, 0.2) is 0 Å². The Balaban J connectivity index is 1.61. The number of nitrogens with zero attached hydrogens (tertiary/aromatic N) is 1. The Bertz CT molecular complexity index is 1050. The Morgan fingerprint density at radius 1 is 1.03 bits per heavy atom. The van der Waals surface area contributed by atoms with Gasteiger partial charge in [-0.2, -0.15) is 4.31 Å². The topological polar surface area (TPSA) is 102 Å². The number of benzene rings is 2. The average molecular weight is 475 g/mol. The van der Waals surface area contributed by atoms with Gasteiger partial charge in [-0.15, -0.1) is 0 Å². The van der Waals surface area contributed by atoms with Gasteiger partial charge < -0.3 is 14.8 Å². The molecule has 1 heterocycles. The zero-order chi connectivity index (χ0) is 23.8. The van der Waals surface area contributed by atoms with Crippen molar-refractivity contribution in [1.29, 1.82) is 0 Å². The lowest BCUT2D eigenvalue weighted by Crippen LogP contribution is -2.43. The van der Waals surface area contributed by atoms with Crippen molar-refractivity contribution >= 4 is 27.6 Å². The smallest absolute Gasteiger partial charge is 0.310 e. The van der Waals surface area contributed by atoms with Crippen LogP contribution in [0, 0.1) is 5.92 Å². The van der Waals surface area contributed by atoms with E-state index in [0.717, 1.165) is 5.56 Å². The van der Waals surface area contributed by atoms with Crippen LogP contribution in [0.15, 0.2) is 53.4 Å². The van der Waals surface area contributed by atoms with Gasteiger partial charge in [-0.05, 0) is 68.7 Å². The standard InChI is InChI=1S/C24H30N2O6S/c1-3-31-21-11-13-22(14-12-21)33(29,30)26-15-5-6-19(17-26)24(28)25-20-9-7-18(8-10-20)16-23(27)32-4-2/h7-14,19H,3-6,15-17H2,1-2H3,(H,25,28). The first kappa shape index (κ1) is 24.7. The summed E-state index contributed by atoms with van der Waals surface area (Å²) in [4.78, 5) is 24.6. The monoisotopic (exact) mass is 474 g/mol. The summed E-state index contributed by atoms with van der Waals surface area (Å²) in [6.07, 6.45) is 1.39. The summed E-state index contributed by atoms with van der Waals surface area (Å²) in [7, 11) is -3.70. The van der Waals surface area contributed by atoms with Crippen LogP contribution in [0.5, 0.6) is 5.75 Å². The molecule has 1 saturated heterocycles. The predicted molar refractivity (Wildman–Crippen MR) is 125 cm³/mol. The number of esters is 1. The van der Waals surface area contributed by atoms with Gasteiger partial charge in [-0.3, -0.25) is 9.59 Å². The van der Waals surface area contributed by atoms with E-state index in [2.05, 4.69) is 5.32 Å². The van der Waals surface area contributed by atoms with Gasteiger partial charge in [0.1, 0.15) is 5.75 Å². The summed E-state index contributed by atoms with van der Waals surface area (Å²) < 4.78 is 37.8. The first-order chi connectivity index (χ1) is 15.8. The van der Waals surface area contributed by atoms with Gasteiger partial charge in [-0.1, -0.05) is 12.1 Å². The fourth-order valence-corrected chi connectivity index (χ4v) is 5.25. The Morgan fingerprint density at radius 2 is 1.73 bits per heavy atom. The molecule has 1 aliphatic heterocycles. The van der Waals surface area contributed by atoms with Crippen molar-refractivity contribution in [3.8, 4) is 5.75 Å². The van der Waals surface area contributed by atoms with Crippen LogP contribution >= 0.6 is 0 Å². The van der Waals surface area contributed by atoms with Gasteiger partial charge in [0, 0.05) is 18.8 Å².